The molecule has 0 saturated heterocycles. The summed E-state index contributed by atoms with van der Waals surface area (Å²) in [6.45, 7) is 0.224. The molecule has 0 aromatic heterocycles. The normalized spacial score (nSPS) is 9.67. The highest BCUT2D eigenvalue weighted by Crippen LogP contribution is 1.98. The van der Waals surface area contributed by atoms with Crippen LogP contribution >= 0.6 is 23.2 Å². The molecule has 0 fully saturated rings. The van der Waals surface area contributed by atoms with E-state index in [1.165, 1.54) is 0 Å². The fraction of sp³-hybridized carbons (Fsp3) is 0.833. The molecule has 0 aliphatic heterocycles. The lowest BCUT2D eigenvalue weighted by Crippen LogP contribution is -2.19. The van der Waals surface area contributed by atoms with Crippen LogP contribution in [-0.2, 0) is 14.5 Å². The standard InChI is InChI=1S/C4H11NO4.C2H2Cl2O2/c6-1-3-8-5-9-4-2-7;3-1(4)2(5)6/h5-7H,1-4H2;1H,(H,5,6). The zero-order chi connectivity index (χ0) is 12.1. The number of hydrogen-bond donors (Lipinski definition) is 4. The quantitative estimate of drug-likeness (QED) is 0.274. The monoisotopic (exact) mass is 265 g/mol. The Bertz CT molecular complexity index is 142. The van der Waals surface area contributed by atoms with E-state index in [0.29, 0.717) is 0 Å². The van der Waals surface area contributed by atoms with E-state index in [2.05, 4.69) is 15.3 Å². The Morgan fingerprint density at radius 3 is 1.73 bits per heavy atom. The Labute approximate surface area is 96.4 Å². The lowest BCUT2D eigenvalue weighted by atomic mass is 10.8. The van der Waals surface area contributed by atoms with Crippen LogP contribution in [0.25, 0.3) is 0 Å². The number of aliphatic carboxylic acids is 1. The van der Waals surface area contributed by atoms with E-state index in [1.807, 2.05) is 0 Å². The molecule has 4 N–H and O–H groups in total. The van der Waals surface area contributed by atoms with E-state index in [4.69, 9.17) is 38.5 Å². The minimum atomic E-state index is -1.29. The maximum Gasteiger partial charge on any atom is 0.337 e. The van der Waals surface area contributed by atoms with E-state index < -0.39 is 10.8 Å². The number of carbonyl (C=O) groups is 1. The Morgan fingerprint density at radius 1 is 1.20 bits per heavy atom. The number of rotatable bonds is 7. The minimum absolute atomic E-state index is 0.0600. The van der Waals surface area contributed by atoms with Gasteiger partial charge in [0.2, 0.25) is 4.84 Å². The third-order valence-corrected chi connectivity index (χ3v) is 1.06. The van der Waals surface area contributed by atoms with Crippen molar-refractivity contribution in [3.05, 3.63) is 0 Å². The molecular formula is C6H13Cl2NO6. The third-order valence-electron chi connectivity index (χ3n) is 0.691. The molecule has 0 amide bonds. The molecule has 0 aliphatic rings. The highest BCUT2D eigenvalue weighted by Gasteiger charge is 2.05. The second-order valence-corrected chi connectivity index (χ2v) is 2.96. The van der Waals surface area contributed by atoms with Gasteiger partial charge in [0.15, 0.2) is 0 Å². The van der Waals surface area contributed by atoms with E-state index in [1.54, 1.807) is 0 Å². The number of alkyl halides is 2. The first kappa shape index (κ1) is 17.3. The van der Waals surface area contributed by atoms with Gasteiger partial charge in [-0.1, -0.05) is 28.8 Å². The van der Waals surface area contributed by atoms with Crippen LogP contribution in [0.1, 0.15) is 0 Å². The van der Waals surface area contributed by atoms with Crippen molar-refractivity contribution in [1.29, 1.82) is 0 Å². The number of halogens is 2. The molecule has 15 heavy (non-hydrogen) atoms. The second kappa shape index (κ2) is 13.8. The number of aliphatic hydroxyl groups is 2. The van der Waals surface area contributed by atoms with Crippen molar-refractivity contribution >= 4 is 29.2 Å². The van der Waals surface area contributed by atoms with Crippen molar-refractivity contribution in [1.82, 2.24) is 5.64 Å². The highest BCUT2D eigenvalue weighted by atomic mass is 35.5. The summed E-state index contributed by atoms with van der Waals surface area (Å²) in [5.74, 6) is -1.21. The maximum absolute atomic E-state index is 9.44. The smallest absolute Gasteiger partial charge is 0.337 e. The Kier molecular flexibility index (Phi) is 15.9. The second-order valence-electron chi connectivity index (χ2n) is 1.87. The van der Waals surface area contributed by atoms with Gasteiger partial charge in [-0.25, -0.2) is 4.79 Å². The van der Waals surface area contributed by atoms with Crippen molar-refractivity contribution in [2.45, 2.75) is 4.84 Å². The average Bonchev–Trinajstić information content (AvgIpc) is 2.18. The van der Waals surface area contributed by atoms with Gasteiger partial charge < -0.3 is 15.3 Å². The first-order chi connectivity index (χ1) is 7.06. The molecule has 0 bridgehead atoms. The van der Waals surface area contributed by atoms with E-state index >= 15 is 0 Å². The van der Waals surface area contributed by atoms with Gasteiger partial charge in [-0.05, 0) is 0 Å². The van der Waals surface area contributed by atoms with Crippen LogP contribution in [0, 0.1) is 0 Å². The van der Waals surface area contributed by atoms with Crippen LogP contribution in [0.5, 0.6) is 0 Å². The maximum atomic E-state index is 9.44. The number of aliphatic hydroxyl groups excluding tert-OH is 2. The van der Waals surface area contributed by atoms with Crippen molar-refractivity contribution in [3.8, 4) is 0 Å². The lowest BCUT2D eigenvalue weighted by molar-refractivity contribution is -0.178. The average molecular weight is 266 g/mol. The molecular weight excluding hydrogens is 253 g/mol. The summed E-state index contributed by atoms with van der Waals surface area (Å²) in [6.07, 6.45) is 0. The summed E-state index contributed by atoms with van der Waals surface area (Å²) in [5.41, 5.74) is 2.07. The molecule has 0 aromatic carbocycles. The molecule has 9 heteroatoms. The molecule has 0 unspecified atom stereocenters. The largest absolute Gasteiger partial charge is 0.479 e. The summed E-state index contributed by atoms with van der Waals surface area (Å²) < 4.78 is 0. The molecule has 7 nitrogen and oxygen atoms in total. The van der Waals surface area contributed by atoms with Crippen LogP contribution < -0.4 is 5.64 Å². The van der Waals surface area contributed by atoms with E-state index in [-0.39, 0.29) is 26.4 Å². The number of hydrogen-bond acceptors (Lipinski definition) is 6. The highest BCUT2D eigenvalue weighted by molar-refractivity contribution is 6.52. The summed E-state index contributed by atoms with van der Waals surface area (Å²) in [4.78, 5) is 17.1. The summed E-state index contributed by atoms with van der Waals surface area (Å²) in [5, 5.41) is 24.0. The number of nitrogens with one attached hydrogen (secondary N) is 1. The lowest BCUT2D eigenvalue weighted by Gasteiger charge is -2.01. The number of carboxylic acid groups (broad SMARTS) is 1. The van der Waals surface area contributed by atoms with Gasteiger partial charge in [0.25, 0.3) is 0 Å². The van der Waals surface area contributed by atoms with Gasteiger partial charge in [0.1, 0.15) is 0 Å². The van der Waals surface area contributed by atoms with E-state index in [9.17, 15) is 4.79 Å². The molecule has 0 heterocycles. The SMILES string of the molecule is O=C(O)C(Cl)Cl.OCCONOCCO. The van der Waals surface area contributed by atoms with Crippen molar-refractivity contribution in [3.63, 3.8) is 0 Å². The van der Waals surface area contributed by atoms with E-state index in [0.717, 1.165) is 0 Å². The third kappa shape index (κ3) is 20.0. The molecule has 0 spiro atoms. The van der Waals surface area contributed by atoms with Crippen molar-refractivity contribution < 1.29 is 29.8 Å². The molecule has 0 rings (SSSR count). The zero-order valence-corrected chi connectivity index (χ0v) is 9.24. The summed E-state index contributed by atoms with van der Waals surface area (Å²) >= 11 is 9.56. The van der Waals surface area contributed by atoms with Crippen LogP contribution in [0.2, 0.25) is 0 Å². The van der Waals surface area contributed by atoms with Crippen LogP contribution in [0.4, 0.5) is 0 Å². The van der Waals surface area contributed by atoms with Gasteiger partial charge in [-0.3, -0.25) is 9.68 Å². The molecule has 0 radical (unpaired) electrons. The van der Waals surface area contributed by atoms with Gasteiger partial charge >= 0.3 is 5.97 Å². The Balaban J connectivity index is 0. The molecule has 0 saturated carbocycles. The topological polar surface area (TPSA) is 108 Å². The molecule has 0 atom stereocenters. The van der Waals surface area contributed by atoms with Crippen LogP contribution in [-0.4, -0.2) is 52.6 Å². The summed E-state index contributed by atoms with van der Waals surface area (Å²) in [6, 6.07) is 0. The molecule has 0 aromatic rings. The van der Waals surface area contributed by atoms with Gasteiger partial charge in [0, 0.05) is 0 Å². The Hall–Kier alpha value is -0.150. The Morgan fingerprint density at radius 2 is 1.53 bits per heavy atom. The fourth-order valence-electron chi connectivity index (χ4n) is 0.216. The van der Waals surface area contributed by atoms with Gasteiger partial charge in [-0.15, -0.1) is 0 Å². The first-order valence-electron chi connectivity index (χ1n) is 3.77. The summed E-state index contributed by atoms with van der Waals surface area (Å²) in [7, 11) is 0. The van der Waals surface area contributed by atoms with Gasteiger partial charge in [-0.2, -0.15) is 0 Å². The zero-order valence-electron chi connectivity index (χ0n) is 7.73. The van der Waals surface area contributed by atoms with Crippen LogP contribution in [0.3, 0.4) is 0 Å². The fourth-order valence-corrected chi connectivity index (χ4v) is 0.216. The van der Waals surface area contributed by atoms with Gasteiger partial charge in [0.05, 0.1) is 26.4 Å². The van der Waals surface area contributed by atoms with Crippen LogP contribution in [0.15, 0.2) is 0 Å². The van der Waals surface area contributed by atoms with Crippen molar-refractivity contribution in [2.75, 3.05) is 26.4 Å². The minimum Gasteiger partial charge on any atom is -0.479 e. The molecule has 0 aliphatic carbocycles. The predicted molar refractivity (Wildman–Crippen MR) is 52.3 cm³/mol. The van der Waals surface area contributed by atoms with Crippen molar-refractivity contribution in [2.24, 2.45) is 0 Å². The number of carboxylic acids is 1. The predicted octanol–water partition coefficient (Wildman–Crippen LogP) is -0.702. The molecule has 92 valence electrons. The first-order valence-corrected chi connectivity index (χ1v) is 4.64.